The average Bonchev–Trinajstić information content (AvgIpc) is 2.82. The number of nitrogens with zero attached hydrogens (tertiary/aromatic N) is 1. The van der Waals surface area contributed by atoms with Crippen molar-refractivity contribution in [3.63, 3.8) is 0 Å². The second-order valence-electron chi connectivity index (χ2n) is 6.26. The Hall–Kier alpha value is -4.66. The summed E-state index contributed by atoms with van der Waals surface area (Å²) in [6.45, 7) is 0. The zero-order chi connectivity index (χ0) is 22.1. The minimum Gasteiger partial charge on any atom is -0.368 e. The predicted octanol–water partition coefficient (Wildman–Crippen LogP) is 1.64. The number of hydrazine groups is 2. The van der Waals surface area contributed by atoms with Gasteiger partial charge in [-0.25, -0.2) is 4.99 Å². The smallest absolute Gasteiger partial charge is 0.269 e. The molecule has 0 unspecified atom stereocenters. The zero-order valence-electron chi connectivity index (χ0n) is 16.3. The normalized spacial score (nSPS) is 10.6. The molecular weight excluding hydrogens is 396 g/mol. The Labute approximate surface area is 178 Å². The summed E-state index contributed by atoms with van der Waals surface area (Å²) in [4.78, 5) is 40.2. The second kappa shape index (κ2) is 10.2. The summed E-state index contributed by atoms with van der Waals surface area (Å²) in [6.07, 6.45) is 0. The van der Waals surface area contributed by atoms with Crippen molar-refractivity contribution in [3.05, 3.63) is 102 Å². The summed E-state index contributed by atoms with van der Waals surface area (Å²) in [5.74, 6) is -1.30. The summed E-state index contributed by atoms with van der Waals surface area (Å²) >= 11 is 0. The van der Waals surface area contributed by atoms with Crippen LogP contribution in [0.2, 0.25) is 0 Å². The molecule has 0 aliphatic carbocycles. The molecule has 156 valence electrons. The van der Waals surface area contributed by atoms with Crippen molar-refractivity contribution in [2.24, 2.45) is 10.7 Å². The lowest BCUT2D eigenvalue weighted by Crippen LogP contribution is -2.45. The Morgan fingerprint density at radius 3 is 1.39 bits per heavy atom. The fourth-order valence-electron chi connectivity index (χ4n) is 2.48. The standard InChI is InChI=1S/C22H20N6O3/c23-22(28-27-20(30)16-9-5-2-6-10-16)24-18-13-11-17(12-14-18)21(31)26-25-19(29)15-7-3-1-4-8-15/h1-14H,(H,25,29)(H,26,31)(H,27,30)(H3,23,24,28). The monoisotopic (exact) mass is 416 g/mol. The number of aliphatic imine (C=N–C) groups is 1. The number of guanidine groups is 1. The highest BCUT2D eigenvalue weighted by Gasteiger charge is 2.09. The lowest BCUT2D eigenvalue weighted by Gasteiger charge is -2.08. The molecule has 0 aromatic heterocycles. The molecule has 3 rings (SSSR count). The first-order chi connectivity index (χ1) is 15.0. The van der Waals surface area contributed by atoms with E-state index in [1.54, 1.807) is 72.8 Å². The summed E-state index contributed by atoms with van der Waals surface area (Å²) in [7, 11) is 0. The van der Waals surface area contributed by atoms with E-state index >= 15 is 0 Å². The van der Waals surface area contributed by atoms with E-state index in [2.05, 4.69) is 26.7 Å². The molecule has 3 amide bonds. The van der Waals surface area contributed by atoms with Gasteiger partial charge in [0.1, 0.15) is 0 Å². The van der Waals surface area contributed by atoms with Gasteiger partial charge in [0.05, 0.1) is 5.69 Å². The highest BCUT2D eigenvalue weighted by Crippen LogP contribution is 2.12. The SMILES string of the molecule is NC(=Nc1ccc(C(=O)NNC(=O)c2ccccc2)cc1)NNC(=O)c1ccccc1. The number of rotatable bonds is 4. The van der Waals surface area contributed by atoms with Gasteiger partial charge in [0.25, 0.3) is 17.7 Å². The molecule has 3 aromatic rings. The second-order valence-corrected chi connectivity index (χ2v) is 6.26. The molecule has 0 radical (unpaired) electrons. The van der Waals surface area contributed by atoms with Gasteiger partial charge in [0, 0.05) is 16.7 Å². The third kappa shape index (κ3) is 6.16. The van der Waals surface area contributed by atoms with E-state index in [4.69, 9.17) is 5.73 Å². The van der Waals surface area contributed by atoms with Crippen LogP contribution in [0.3, 0.4) is 0 Å². The Kier molecular flexibility index (Phi) is 6.94. The van der Waals surface area contributed by atoms with Crippen LogP contribution < -0.4 is 27.4 Å². The fourth-order valence-corrected chi connectivity index (χ4v) is 2.48. The van der Waals surface area contributed by atoms with Crippen LogP contribution in [0.25, 0.3) is 0 Å². The molecule has 0 aliphatic rings. The fraction of sp³-hybridized carbons (Fsp3) is 0. The number of amides is 3. The average molecular weight is 416 g/mol. The van der Waals surface area contributed by atoms with Gasteiger partial charge in [-0.3, -0.25) is 36.1 Å². The predicted molar refractivity (Wildman–Crippen MR) is 116 cm³/mol. The molecule has 0 heterocycles. The lowest BCUT2D eigenvalue weighted by atomic mass is 10.2. The number of carbonyl (C=O) groups is 3. The first kappa shape index (κ1) is 21.1. The minimum atomic E-state index is -0.485. The molecule has 9 heteroatoms. The van der Waals surface area contributed by atoms with Crippen molar-refractivity contribution in [3.8, 4) is 0 Å². The minimum absolute atomic E-state index is 0.0309. The van der Waals surface area contributed by atoms with Crippen molar-refractivity contribution in [1.82, 2.24) is 21.7 Å². The third-order valence-corrected chi connectivity index (χ3v) is 4.04. The summed E-state index contributed by atoms with van der Waals surface area (Å²) in [5.41, 5.74) is 17.1. The van der Waals surface area contributed by atoms with E-state index in [1.165, 1.54) is 12.1 Å². The van der Waals surface area contributed by atoms with E-state index in [0.29, 0.717) is 22.4 Å². The van der Waals surface area contributed by atoms with Crippen molar-refractivity contribution in [2.75, 3.05) is 0 Å². The maximum Gasteiger partial charge on any atom is 0.269 e. The van der Waals surface area contributed by atoms with Gasteiger partial charge >= 0.3 is 0 Å². The quantitative estimate of drug-likeness (QED) is 0.250. The van der Waals surface area contributed by atoms with Crippen molar-refractivity contribution in [1.29, 1.82) is 0 Å². The number of carbonyl (C=O) groups excluding carboxylic acids is 3. The molecular formula is C22H20N6O3. The molecule has 0 saturated heterocycles. The van der Waals surface area contributed by atoms with Gasteiger partial charge in [-0.2, -0.15) is 0 Å². The molecule has 0 fully saturated rings. The van der Waals surface area contributed by atoms with E-state index in [9.17, 15) is 14.4 Å². The largest absolute Gasteiger partial charge is 0.368 e. The topological polar surface area (TPSA) is 138 Å². The number of nitrogens with one attached hydrogen (secondary N) is 4. The van der Waals surface area contributed by atoms with Gasteiger partial charge < -0.3 is 5.73 Å². The molecule has 6 N–H and O–H groups in total. The van der Waals surface area contributed by atoms with E-state index in [0.717, 1.165) is 0 Å². The lowest BCUT2D eigenvalue weighted by molar-refractivity contribution is 0.0846. The van der Waals surface area contributed by atoms with Gasteiger partial charge in [0.15, 0.2) is 0 Å². The van der Waals surface area contributed by atoms with E-state index in [-0.39, 0.29) is 11.9 Å². The Balaban J connectivity index is 1.51. The van der Waals surface area contributed by atoms with Gasteiger partial charge in [0.2, 0.25) is 5.96 Å². The summed E-state index contributed by atoms with van der Waals surface area (Å²) < 4.78 is 0. The summed E-state index contributed by atoms with van der Waals surface area (Å²) in [6, 6.07) is 23.3. The Morgan fingerprint density at radius 2 is 0.935 bits per heavy atom. The Bertz CT molecular complexity index is 1080. The number of benzene rings is 3. The van der Waals surface area contributed by atoms with Crippen LogP contribution in [0, 0.1) is 0 Å². The van der Waals surface area contributed by atoms with E-state index < -0.39 is 11.8 Å². The molecule has 0 saturated carbocycles. The molecule has 31 heavy (non-hydrogen) atoms. The van der Waals surface area contributed by atoms with Crippen molar-refractivity contribution in [2.45, 2.75) is 0 Å². The van der Waals surface area contributed by atoms with Gasteiger partial charge in [-0.1, -0.05) is 36.4 Å². The van der Waals surface area contributed by atoms with Crippen LogP contribution in [0.4, 0.5) is 5.69 Å². The Morgan fingerprint density at radius 1 is 0.548 bits per heavy atom. The van der Waals surface area contributed by atoms with Crippen LogP contribution in [0.15, 0.2) is 89.9 Å². The van der Waals surface area contributed by atoms with Crippen molar-refractivity contribution >= 4 is 29.4 Å². The zero-order valence-corrected chi connectivity index (χ0v) is 16.3. The maximum absolute atomic E-state index is 12.2. The highest BCUT2D eigenvalue weighted by molar-refractivity contribution is 5.99. The number of nitrogens with two attached hydrogens (primary N) is 1. The van der Waals surface area contributed by atoms with Crippen LogP contribution in [0.1, 0.15) is 31.1 Å². The third-order valence-electron chi connectivity index (χ3n) is 4.04. The summed E-state index contributed by atoms with van der Waals surface area (Å²) in [5, 5.41) is 0. The molecule has 9 nitrogen and oxygen atoms in total. The van der Waals surface area contributed by atoms with Crippen LogP contribution in [0.5, 0.6) is 0 Å². The van der Waals surface area contributed by atoms with Crippen LogP contribution >= 0.6 is 0 Å². The van der Waals surface area contributed by atoms with Gasteiger partial charge in [-0.15, -0.1) is 0 Å². The van der Waals surface area contributed by atoms with Gasteiger partial charge in [-0.05, 0) is 48.5 Å². The molecule has 0 atom stereocenters. The first-order valence-corrected chi connectivity index (χ1v) is 9.24. The number of hydrogen-bond acceptors (Lipinski definition) is 4. The van der Waals surface area contributed by atoms with Crippen LogP contribution in [-0.2, 0) is 0 Å². The first-order valence-electron chi connectivity index (χ1n) is 9.24. The highest BCUT2D eigenvalue weighted by atomic mass is 16.2. The number of hydrogen-bond donors (Lipinski definition) is 5. The van der Waals surface area contributed by atoms with Crippen molar-refractivity contribution < 1.29 is 14.4 Å². The van der Waals surface area contributed by atoms with E-state index in [1.807, 2.05) is 0 Å². The van der Waals surface area contributed by atoms with Crippen LogP contribution in [-0.4, -0.2) is 23.7 Å². The molecule has 0 bridgehead atoms. The molecule has 0 aliphatic heterocycles. The molecule has 3 aromatic carbocycles. The molecule has 0 spiro atoms. The maximum atomic E-state index is 12.2.